The smallest absolute Gasteiger partial charge is 0.252 e. The number of nitrogens with zero attached hydrogens (tertiary/aromatic N) is 1. The Morgan fingerprint density at radius 3 is 2.33 bits per heavy atom. The van der Waals surface area contributed by atoms with E-state index >= 15 is 0 Å². The Labute approximate surface area is 147 Å². The minimum absolute atomic E-state index is 0.0637. The molecule has 0 saturated heterocycles. The van der Waals surface area contributed by atoms with Gasteiger partial charge in [0.15, 0.2) is 0 Å². The molecule has 4 nitrogen and oxygen atoms in total. The lowest BCUT2D eigenvalue weighted by Crippen LogP contribution is -2.37. The summed E-state index contributed by atoms with van der Waals surface area (Å²) >= 11 is 6.01. The number of carbonyl (C=O) groups excluding carboxylic acids is 2. The Kier molecular flexibility index (Phi) is 6.38. The van der Waals surface area contributed by atoms with Crippen molar-refractivity contribution in [2.45, 2.75) is 20.3 Å². The maximum atomic E-state index is 12.1. The number of benzene rings is 2. The first-order valence-electron chi connectivity index (χ1n) is 7.92. The molecule has 0 aliphatic carbocycles. The third kappa shape index (κ3) is 4.59. The lowest BCUT2D eigenvalue weighted by Gasteiger charge is -2.21. The quantitative estimate of drug-likeness (QED) is 0.868. The van der Waals surface area contributed by atoms with E-state index in [0.717, 1.165) is 12.1 Å². The van der Waals surface area contributed by atoms with Crippen molar-refractivity contribution in [2.24, 2.45) is 0 Å². The molecule has 1 N–H and O–H groups in total. The van der Waals surface area contributed by atoms with Crippen molar-refractivity contribution in [2.75, 3.05) is 18.0 Å². The second kappa shape index (κ2) is 8.50. The number of nitrogens with one attached hydrogen (secondary N) is 1. The molecule has 2 amide bonds. The highest BCUT2D eigenvalue weighted by Crippen LogP contribution is 2.16. The van der Waals surface area contributed by atoms with Gasteiger partial charge in [-0.2, -0.15) is 0 Å². The summed E-state index contributed by atoms with van der Waals surface area (Å²) in [6.07, 6.45) is 0.953. The molecule has 2 aromatic carbocycles. The van der Waals surface area contributed by atoms with E-state index < -0.39 is 0 Å². The molecule has 0 spiro atoms. The predicted molar refractivity (Wildman–Crippen MR) is 97.6 cm³/mol. The minimum Gasteiger partial charge on any atom is -0.350 e. The molecule has 0 aliphatic heterocycles. The topological polar surface area (TPSA) is 49.4 Å². The summed E-state index contributed by atoms with van der Waals surface area (Å²) in [5, 5.41) is 3.21. The monoisotopic (exact) mass is 344 g/mol. The molecular formula is C19H21ClN2O2. The zero-order valence-electron chi connectivity index (χ0n) is 13.9. The first kappa shape index (κ1) is 18.0. The first-order valence-corrected chi connectivity index (χ1v) is 8.30. The van der Waals surface area contributed by atoms with Gasteiger partial charge in [0.05, 0.1) is 10.6 Å². The van der Waals surface area contributed by atoms with E-state index in [4.69, 9.17) is 11.6 Å². The Morgan fingerprint density at radius 2 is 1.75 bits per heavy atom. The number of hydrogen-bond acceptors (Lipinski definition) is 2. The van der Waals surface area contributed by atoms with Crippen LogP contribution in [0.1, 0.15) is 29.8 Å². The van der Waals surface area contributed by atoms with Crippen molar-refractivity contribution >= 4 is 29.1 Å². The van der Waals surface area contributed by atoms with Gasteiger partial charge in [0.2, 0.25) is 5.91 Å². The summed E-state index contributed by atoms with van der Waals surface area (Å²) in [5.74, 6) is -0.309. The van der Waals surface area contributed by atoms with Crippen LogP contribution >= 0.6 is 11.6 Å². The van der Waals surface area contributed by atoms with Crippen LogP contribution in [0.5, 0.6) is 0 Å². The van der Waals surface area contributed by atoms with Gasteiger partial charge in [-0.1, -0.05) is 42.8 Å². The molecule has 0 heterocycles. The van der Waals surface area contributed by atoms with Gasteiger partial charge in [0.1, 0.15) is 0 Å². The molecule has 0 bridgehead atoms. The minimum atomic E-state index is -0.245. The number of carbonyl (C=O) groups is 2. The molecule has 0 fully saturated rings. The fraction of sp³-hybridized carbons (Fsp3) is 0.263. The molecule has 2 aromatic rings. The van der Waals surface area contributed by atoms with E-state index in [1.54, 1.807) is 29.2 Å². The number of anilines is 1. The van der Waals surface area contributed by atoms with Crippen molar-refractivity contribution in [3.05, 3.63) is 64.7 Å². The fourth-order valence-corrected chi connectivity index (χ4v) is 2.62. The lowest BCUT2D eigenvalue weighted by molar-refractivity contribution is -0.116. The third-order valence-electron chi connectivity index (χ3n) is 3.78. The summed E-state index contributed by atoms with van der Waals surface area (Å²) in [4.78, 5) is 25.7. The molecule has 5 heteroatoms. The van der Waals surface area contributed by atoms with Gasteiger partial charge in [0.25, 0.3) is 5.91 Å². The number of aryl methyl sites for hydroxylation is 1. The highest BCUT2D eigenvalue weighted by atomic mass is 35.5. The summed E-state index contributed by atoms with van der Waals surface area (Å²) in [5.41, 5.74) is 2.47. The Morgan fingerprint density at radius 1 is 1.08 bits per heavy atom. The average molecular weight is 345 g/mol. The predicted octanol–water partition coefficient (Wildman–Crippen LogP) is 3.69. The van der Waals surface area contributed by atoms with Gasteiger partial charge in [0, 0.05) is 25.7 Å². The van der Waals surface area contributed by atoms with Crippen molar-refractivity contribution in [3.63, 3.8) is 0 Å². The zero-order chi connectivity index (χ0) is 17.5. The maximum absolute atomic E-state index is 12.1. The van der Waals surface area contributed by atoms with E-state index in [1.165, 1.54) is 12.5 Å². The Bertz CT molecular complexity index is 714. The van der Waals surface area contributed by atoms with Crippen molar-refractivity contribution in [3.8, 4) is 0 Å². The van der Waals surface area contributed by atoms with Crippen LogP contribution in [0.15, 0.2) is 48.5 Å². The highest BCUT2D eigenvalue weighted by molar-refractivity contribution is 6.33. The van der Waals surface area contributed by atoms with Crippen LogP contribution in [0.2, 0.25) is 5.02 Å². The molecule has 0 aromatic heterocycles. The van der Waals surface area contributed by atoms with Crippen molar-refractivity contribution < 1.29 is 9.59 Å². The van der Waals surface area contributed by atoms with Gasteiger partial charge < -0.3 is 10.2 Å². The Hall–Kier alpha value is -2.33. The van der Waals surface area contributed by atoms with Crippen LogP contribution in [0.4, 0.5) is 5.69 Å². The molecule has 0 saturated carbocycles. The summed E-state index contributed by atoms with van der Waals surface area (Å²) in [7, 11) is 0. The van der Waals surface area contributed by atoms with E-state index in [0.29, 0.717) is 23.7 Å². The molecule has 0 unspecified atom stereocenters. The van der Waals surface area contributed by atoms with Crippen LogP contribution in [-0.4, -0.2) is 24.9 Å². The van der Waals surface area contributed by atoms with Crippen LogP contribution in [0.25, 0.3) is 0 Å². The van der Waals surface area contributed by atoms with Gasteiger partial charge in [-0.3, -0.25) is 9.59 Å². The van der Waals surface area contributed by atoms with Gasteiger partial charge in [-0.15, -0.1) is 0 Å². The normalized spacial score (nSPS) is 10.3. The maximum Gasteiger partial charge on any atom is 0.252 e. The van der Waals surface area contributed by atoms with Crippen LogP contribution < -0.4 is 10.2 Å². The third-order valence-corrected chi connectivity index (χ3v) is 4.11. The first-order chi connectivity index (χ1) is 11.5. The number of halogens is 1. The largest absolute Gasteiger partial charge is 0.350 e. The molecule has 24 heavy (non-hydrogen) atoms. The molecule has 0 atom stereocenters. The van der Waals surface area contributed by atoms with E-state index in [2.05, 4.69) is 12.2 Å². The van der Waals surface area contributed by atoms with Crippen LogP contribution in [-0.2, 0) is 11.2 Å². The average Bonchev–Trinajstić information content (AvgIpc) is 2.59. The SMILES string of the molecule is CCc1ccc(N(CCNC(=O)c2ccccc2Cl)C(C)=O)cc1. The van der Waals surface area contributed by atoms with Crippen LogP contribution in [0, 0.1) is 0 Å². The second-order valence-electron chi connectivity index (χ2n) is 5.43. The zero-order valence-corrected chi connectivity index (χ0v) is 14.6. The summed E-state index contributed by atoms with van der Waals surface area (Å²) < 4.78 is 0. The summed E-state index contributed by atoms with van der Waals surface area (Å²) in [6.45, 7) is 4.35. The molecule has 126 valence electrons. The van der Waals surface area contributed by atoms with Gasteiger partial charge >= 0.3 is 0 Å². The van der Waals surface area contributed by atoms with E-state index in [9.17, 15) is 9.59 Å². The molecule has 2 rings (SSSR count). The van der Waals surface area contributed by atoms with Crippen molar-refractivity contribution in [1.82, 2.24) is 5.32 Å². The van der Waals surface area contributed by atoms with Crippen molar-refractivity contribution in [1.29, 1.82) is 0 Å². The Balaban J connectivity index is 1.98. The lowest BCUT2D eigenvalue weighted by atomic mass is 10.1. The number of amides is 2. The van der Waals surface area contributed by atoms with E-state index in [-0.39, 0.29) is 11.8 Å². The number of hydrogen-bond donors (Lipinski definition) is 1. The molecular weight excluding hydrogens is 324 g/mol. The standard InChI is InChI=1S/C19H21ClN2O2/c1-3-15-8-10-16(11-9-15)22(14(2)23)13-12-21-19(24)17-6-4-5-7-18(17)20/h4-11H,3,12-13H2,1-2H3,(H,21,24). The van der Waals surface area contributed by atoms with Crippen LogP contribution in [0.3, 0.4) is 0 Å². The fourth-order valence-electron chi connectivity index (χ4n) is 2.40. The molecule has 0 aliphatic rings. The second-order valence-corrected chi connectivity index (χ2v) is 5.83. The summed E-state index contributed by atoms with van der Waals surface area (Å²) in [6, 6.07) is 14.7. The van der Waals surface area contributed by atoms with Gasteiger partial charge in [-0.05, 0) is 36.2 Å². The number of rotatable bonds is 6. The highest BCUT2D eigenvalue weighted by Gasteiger charge is 2.13. The molecule has 0 radical (unpaired) electrons. The van der Waals surface area contributed by atoms with E-state index in [1.807, 2.05) is 24.3 Å². The van der Waals surface area contributed by atoms with Gasteiger partial charge in [-0.25, -0.2) is 0 Å².